The number of rotatable bonds is 7. The van der Waals surface area contributed by atoms with Gasteiger partial charge in [-0.2, -0.15) is 0 Å². The van der Waals surface area contributed by atoms with E-state index < -0.39 is 27.9 Å². The maximum atomic E-state index is 12.9. The Morgan fingerprint density at radius 2 is 1.79 bits per heavy atom. The van der Waals surface area contributed by atoms with Gasteiger partial charge in [0.05, 0.1) is 4.90 Å². The van der Waals surface area contributed by atoms with E-state index in [0.717, 1.165) is 22.7 Å². The average molecular weight is 401 g/mol. The maximum Gasteiger partial charge on any atom is 0.267 e. The fourth-order valence-corrected chi connectivity index (χ4v) is 4.89. The molecule has 1 fully saturated rings. The van der Waals surface area contributed by atoms with Gasteiger partial charge in [0.2, 0.25) is 11.8 Å². The predicted molar refractivity (Wildman–Crippen MR) is 106 cm³/mol. The highest BCUT2D eigenvalue weighted by Gasteiger charge is 2.44. The lowest BCUT2D eigenvalue weighted by molar-refractivity contribution is -0.130. The molecule has 2 aromatic carbocycles. The van der Waals surface area contributed by atoms with E-state index in [2.05, 4.69) is 5.32 Å². The van der Waals surface area contributed by atoms with E-state index in [1.807, 2.05) is 37.3 Å². The van der Waals surface area contributed by atoms with Crippen molar-refractivity contribution in [2.24, 2.45) is 0 Å². The van der Waals surface area contributed by atoms with Crippen molar-refractivity contribution in [3.63, 3.8) is 0 Å². The Morgan fingerprint density at radius 1 is 1.11 bits per heavy atom. The number of benzene rings is 2. The molecule has 1 N–H and O–H groups in total. The van der Waals surface area contributed by atoms with Gasteiger partial charge in [-0.1, -0.05) is 48.0 Å². The van der Waals surface area contributed by atoms with E-state index in [0.29, 0.717) is 6.54 Å². The van der Waals surface area contributed by atoms with Crippen LogP contribution in [0.3, 0.4) is 0 Å². The summed E-state index contributed by atoms with van der Waals surface area (Å²) in [4.78, 5) is 24.9. The second-order valence-electron chi connectivity index (χ2n) is 6.94. The number of hydrogen-bond acceptors (Lipinski definition) is 4. The van der Waals surface area contributed by atoms with Crippen LogP contribution in [0.1, 0.15) is 30.4 Å². The summed E-state index contributed by atoms with van der Waals surface area (Å²) in [5.74, 6) is -0.959. The van der Waals surface area contributed by atoms with Gasteiger partial charge in [-0.05, 0) is 43.9 Å². The van der Waals surface area contributed by atoms with Crippen LogP contribution in [0.2, 0.25) is 0 Å². The van der Waals surface area contributed by atoms with Gasteiger partial charge in [0.1, 0.15) is 6.04 Å². The Hall–Kier alpha value is -2.67. The molecule has 2 amide bonds. The van der Waals surface area contributed by atoms with Crippen molar-refractivity contribution < 1.29 is 18.0 Å². The molecular formula is C21H24N2O4S. The van der Waals surface area contributed by atoms with Crippen LogP contribution in [0.15, 0.2) is 59.5 Å². The molecule has 3 rings (SSSR count). The SMILES string of the molecule is Cc1ccc(S(=O)(=O)N2C(=O)CC[C@@H]2C(=O)NCCCc2ccccc2)cc1. The fraction of sp³-hybridized carbons (Fsp3) is 0.333. The highest BCUT2D eigenvalue weighted by molar-refractivity contribution is 7.89. The molecular weight excluding hydrogens is 376 g/mol. The first kappa shape index (κ1) is 20.1. The Morgan fingerprint density at radius 3 is 2.46 bits per heavy atom. The summed E-state index contributed by atoms with van der Waals surface area (Å²) in [5.41, 5.74) is 2.09. The van der Waals surface area contributed by atoms with Gasteiger partial charge in [0, 0.05) is 13.0 Å². The van der Waals surface area contributed by atoms with Gasteiger partial charge in [-0.25, -0.2) is 12.7 Å². The molecule has 6 nitrogen and oxygen atoms in total. The van der Waals surface area contributed by atoms with E-state index >= 15 is 0 Å². The first-order chi connectivity index (χ1) is 13.4. The van der Waals surface area contributed by atoms with Crippen molar-refractivity contribution in [1.82, 2.24) is 9.62 Å². The van der Waals surface area contributed by atoms with Crippen molar-refractivity contribution in [2.75, 3.05) is 6.54 Å². The molecule has 148 valence electrons. The topological polar surface area (TPSA) is 83.6 Å². The number of nitrogens with one attached hydrogen (secondary N) is 1. The van der Waals surface area contributed by atoms with Crippen LogP contribution in [0.5, 0.6) is 0 Å². The normalized spacial score (nSPS) is 17.0. The van der Waals surface area contributed by atoms with Gasteiger partial charge in [0.15, 0.2) is 0 Å². The minimum Gasteiger partial charge on any atom is -0.354 e. The van der Waals surface area contributed by atoms with Gasteiger partial charge in [0.25, 0.3) is 10.0 Å². The lowest BCUT2D eigenvalue weighted by Gasteiger charge is -2.23. The van der Waals surface area contributed by atoms with Crippen LogP contribution < -0.4 is 5.32 Å². The van der Waals surface area contributed by atoms with Crippen molar-refractivity contribution >= 4 is 21.8 Å². The summed E-state index contributed by atoms with van der Waals surface area (Å²) in [5, 5.41) is 2.78. The molecule has 0 spiro atoms. The summed E-state index contributed by atoms with van der Waals surface area (Å²) in [6.07, 6.45) is 1.80. The quantitative estimate of drug-likeness (QED) is 0.724. The van der Waals surface area contributed by atoms with Crippen LogP contribution in [0, 0.1) is 6.92 Å². The van der Waals surface area contributed by atoms with Crippen LogP contribution >= 0.6 is 0 Å². The molecule has 2 aromatic rings. The van der Waals surface area contributed by atoms with E-state index in [1.54, 1.807) is 12.1 Å². The van der Waals surface area contributed by atoms with Crippen LogP contribution in [0.25, 0.3) is 0 Å². The molecule has 1 aliphatic heterocycles. The van der Waals surface area contributed by atoms with Gasteiger partial charge in [-0.3, -0.25) is 9.59 Å². The summed E-state index contributed by atoms with van der Waals surface area (Å²) in [7, 11) is -4.05. The maximum absolute atomic E-state index is 12.9. The van der Waals surface area contributed by atoms with Crippen molar-refractivity contribution in [1.29, 1.82) is 0 Å². The predicted octanol–water partition coefficient (Wildman–Crippen LogP) is 2.42. The Bertz CT molecular complexity index is 940. The van der Waals surface area contributed by atoms with E-state index in [-0.39, 0.29) is 17.7 Å². The zero-order chi connectivity index (χ0) is 20.1. The van der Waals surface area contributed by atoms with Crippen molar-refractivity contribution in [3.05, 3.63) is 65.7 Å². The largest absolute Gasteiger partial charge is 0.354 e. The van der Waals surface area contributed by atoms with Crippen LogP contribution in [-0.2, 0) is 26.0 Å². The third kappa shape index (κ3) is 4.42. The van der Waals surface area contributed by atoms with Crippen molar-refractivity contribution in [2.45, 2.75) is 43.5 Å². The third-order valence-corrected chi connectivity index (χ3v) is 6.67. The fourth-order valence-electron chi connectivity index (χ4n) is 3.29. The zero-order valence-electron chi connectivity index (χ0n) is 15.8. The lowest BCUT2D eigenvalue weighted by Crippen LogP contribution is -2.47. The molecule has 7 heteroatoms. The number of carbonyl (C=O) groups is 2. The first-order valence-electron chi connectivity index (χ1n) is 9.35. The molecule has 1 heterocycles. The zero-order valence-corrected chi connectivity index (χ0v) is 16.6. The molecule has 0 radical (unpaired) electrons. The lowest BCUT2D eigenvalue weighted by atomic mass is 10.1. The first-order valence-corrected chi connectivity index (χ1v) is 10.8. The number of aryl methyl sites for hydroxylation is 2. The van der Waals surface area contributed by atoms with E-state index in [4.69, 9.17) is 0 Å². The molecule has 0 aliphatic carbocycles. The number of carbonyl (C=O) groups excluding carboxylic acids is 2. The van der Waals surface area contributed by atoms with E-state index in [9.17, 15) is 18.0 Å². The molecule has 0 saturated carbocycles. The average Bonchev–Trinajstić information content (AvgIpc) is 3.09. The molecule has 1 aliphatic rings. The molecule has 0 bridgehead atoms. The smallest absolute Gasteiger partial charge is 0.267 e. The molecule has 1 atom stereocenters. The Kier molecular flexibility index (Phi) is 6.14. The molecule has 0 unspecified atom stereocenters. The summed E-state index contributed by atoms with van der Waals surface area (Å²) < 4.78 is 26.6. The number of amides is 2. The molecule has 1 saturated heterocycles. The Balaban J connectivity index is 1.64. The number of hydrogen-bond donors (Lipinski definition) is 1. The number of nitrogens with zero attached hydrogens (tertiary/aromatic N) is 1. The highest BCUT2D eigenvalue weighted by atomic mass is 32.2. The third-order valence-electron chi connectivity index (χ3n) is 4.83. The standard InChI is InChI=1S/C21H24N2O4S/c1-16-9-11-18(12-10-16)28(26,27)23-19(13-14-20(23)24)21(25)22-15-5-8-17-6-3-2-4-7-17/h2-4,6-7,9-12,19H,5,8,13-15H2,1H3,(H,22,25)/t19-/m1/s1. The van der Waals surface area contributed by atoms with Crippen LogP contribution in [-0.4, -0.2) is 37.1 Å². The van der Waals surface area contributed by atoms with Gasteiger partial charge >= 0.3 is 0 Å². The Labute approximate surface area is 165 Å². The van der Waals surface area contributed by atoms with Gasteiger partial charge in [-0.15, -0.1) is 0 Å². The second kappa shape index (κ2) is 8.56. The minimum absolute atomic E-state index is 0.0234. The number of sulfonamides is 1. The van der Waals surface area contributed by atoms with E-state index in [1.165, 1.54) is 17.7 Å². The van der Waals surface area contributed by atoms with Crippen LogP contribution in [0.4, 0.5) is 0 Å². The second-order valence-corrected chi connectivity index (χ2v) is 8.76. The monoisotopic (exact) mass is 400 g/mol. The minimum atomic E-state index is -4.05. The highest BCUT2D eigenvalue weighted by Crippen LogP contribution is 2.27. The summed E-state index contributed by atoms with van der Waals surface area (Å²) in [6.45, 7) is 2.28. The van der Waals surface area contributed by atoms with Gasteiger partial charge < -0.3 is 5.32 Å². The molecule has 28 heavy (non-hydrogen) atoms. The van der Waals surface area contributed by atoms with Crippen molar-refractivity contribution in [3.8, 4) is 0 Å². The molecule has 0 aromatic heterocycles. The summed E-state index contributed by atoms with van der Waals surface area (Å²) in [6, 6.07) is 15.2. The summed E-state index contributed by atoms with van der Waals surface area (Å²) >= 11 is 0.